The Morgan fingerprint density at radius 2 is 2.25 bits per heavy atom. The van der Waals surface area contributed by atoms with Crippen LogP contribution in [0, 0.1) is 0 Å². The second-order valence-corrected chi connectivity index (χ2v) is 3.99. The summed E-state index contributed by atoms with van der Waals surface area (Å²) < 4.78 is 5.00. The van der Waals surface area contributed by atoms with Crippen molar-refractivity contribution in [1.29, 1.82) is 0 Å². The first kappa shape index (κ1) is 12.9. The summed E-state index contributed by atoms with van der Waals surface area (Å²) >= 11 is 0. The van der Waals surface area contributed by atoms with Gasteiger partial charge in [-0.2, -0.15) is 0 Å². The molecule has 0 aromatic carbocycles. The molecule has 0 unspecified atom stereocenters. The third-order valence-electron chi connectivity index (χ3n) is 2.23. The van der Waals surface area contributed by atoms with E-state index in [0.717, 1.165) is 18.8 Å². The molecule has 1 heterocycles. The van der Waals surface area contributed by atoms with Crippen LogP contribution in [0.4, 0.5) is 5.69 Å². The Labute approximate surface area is 97.4 Å². The van der Waals surface area contributed by atoms with Crippen LogP contribution in [0.2, 0.25) is 0 Å². The summed E-state index contributed by atoms with van der Waals surface area (Å²) in [5.74, 6) is 0. The van der Waals surface area contributed by atoms with E-state index in [1.165, 1.54) is 5.56 Å². The number of anilines is 1. The fraction of sp³-hybridized carbons (Fsp3) is 0.583. The lowest BCUT2D eigenvalue weighted by molar-refractivity contribution is 0.210. The van der Waals surface area contributed by atoms with E-state index in [2.05, 4.69) is 29.5 Å². The van der Waals surface area contributed by atoms with E-state index in [1.54, 1.807) is 7.11 Å². The van der Waals surface area contributed by atoms with Crippen molar-refractivity contribution in [2.45, 2.75) is 26.4 Å². The number of ether oxygens (including phenoxy) is 1. The van der Waals surface area contributed by atoms with Crippen LogP contribution in [0.1, 0.15) is 19.4 Å². The average molecular weight is 223 g/mol. The molecule has 0 atom stereocenters. The van der Waals surface area contributed by atoms with Crippen molar-refractivity contribution in [2.24, 2.45) is 0 Å². The number of nitrogens with zero attached hydrogens (tertiary/aromatic N) is 1. The normalized spacial score (nSPS) is 10.8. The fourth-order valence-electron chi connectivity index (χ4n) is 1.34. The van der Waals surface area contributed by atoms with Gasteiger partial charge in [0.15, 0.2) is 0 Å². The molecule has 4 heteroatoms. The Morgan fingerprint density at radius 1 is 1.44 bits per heavy atom. The van der Waals surface area contributed by atoms with Crippen molar-refractivity contribution in [2.75, 3.05) is 25.6 Å². The van der Waals surface area contributed by atoms with Crippen molar-refractivity contribution < 1.29 is 4.74 Å². The summed E-state index contributed by atoms with van der Waals surface area (Å²) in [5, 5.41) is 6.70. The van der Waals surface area contributed by atoms with Gasteiger partial charge in [0.1, 0.15) is 0 Å². The molecule has 0 bridgehead atoms. The summed E-state index contributed by atoms with van der Waals surface area (Å²) in [7, 11) is 1.70. The van der Waals surface area contributed by atoms with Gasteiger partial charge in [-0.25, -0.2) is 0 Å². The van der Waals surface area contributed by atoms with Gasteiger partial charge in [0, 0.05) is 32.4 Å². The van der Waals surface area contributed by atoms with Crippen LogP contribution in [-0.2, 0) is 11.3 Å². The fourth-order valence-corrected chi connectivity index (χ4v) is 1.34. The molecule has 0 aliphatic heterocycles. The zero-order valence-corrected chi connectivity index (χ0v) is 10.3. The maximum Gasteiger partial charge on any atom is 0.0635 e. The van der Waals surface area contributed by atoms with Gasteiger partial charge in [-0.05, 0) is 11.6 Å². The molecule has 0 spiro atoms. The van der Waals surface area contributed by atoms with Gasteiger partial charge in [-0.3, -0.25) is 4.98 Å². The van der Waals surface area contributed by atoms with Crippen molar-refractivity contribution in [3.05, 3.63) is 24.0 Å². The highest BCUT2D eigenvalue weighted by molar-refractivity contribution is 5.48. The first-order valence-electron chi connectivity index (χ1n) is 5.63. The number of pyridine rings is 1. The minimum atomic E-state index is 0.486. The van der Waals surface area contributed by atoms with Crippen molar-refractivity contribution in [3.8, 4) is 0 Å². The summed E-state index contributed by atoms with van der Waals surface area (Å²) in [6.07, 6.45) is 3.67. The van der Waals surface area contributed by atoms with Crippen molar-refractivity contribution in [1.82, 2.24) is 10.3 Å². The first-order chi connectivity index (χ1) is 7.74. The summed E-state index contributed by atoms with van der Waals surface area (Å²) in [4.78, 5) is 4.12. The molecule has 0 saturated heterocycles. The summed E-state index contributed by atoms with van der Waals surface area (Å²) in [6.45, 7) is 6.64. The summed E-state index contributed by atoms with van der Waals surface area (Å²) in [5.41, 5.74) is 2.31. The molecule has 0 radical (unpaired) electrons. The molecular formula is C12H21N3O. The Balaban J connectivity index is 2.53. The number of aromatic nitrogens is 1. The molecule has 4 nitrogen and oxygen atoms in total. The van der Waals surface area contributed by atoms with E-state index in [-0.39, 0.29) is 0 Å². The van der Waals surface area contributed by atoms with E-state index in [4.69, 9.17) is 4.74 Å². The smallest absolute Gasteiger partial charge is 0.0635 e. The zero-order valence-electron chi connectivity index (χ0n) is 10.3. The van der Waals surface area contributed by atoms with Crippen LogP contribution in [0.5, 0.6) is 0 Å². The van der Waals surface area contributed by atoms with Crippen LogP contribution in [-0.4, -0.2) is 31.3 Å². The van der Waals surface area contributed by atoms with E-state index in [0.29, 0.717) is 12.6 Å². The van der Waals surface area contributed by atoms with Crippen LogP contribution in [0.3, 0.4) is 0 Å². The number of methoxy groups -OCH3 is 1. The van der Waals surface area contributed by atoms with Gasteiger partial charge in [0.25, 0.3) is 0 Å². The molecule has 90 valence electrons. The van der Waals surface area contributed by atoms with E-state index >= 15 is 0 Å². The Morgan fingerprint density at radius 3 is 2.94 bits per heavy atom. The zero-order chi connectivity index (χ0) is 11.8. The standard InChI is InChI=1S/C12H21N3O/c1-10(2)15-8-11-4-5-13-9-12(11)14-6-7-16-3/h4-5,9-10,14-15H,6-8H2,1-3H3. The Bertz CT molecular complexity index is 302. The molecule has 2 N–H and O–H groups in total. The molecule has 1 aromatic rings. The molecule has 0 fully saturated rings. The molecule has 1 rings (SSSR count). The maximum atomic E-state index is 5.00. The number of hydrogen-bond donors (Lipinski definition) is 2. The van der Waals surface area contributed by atoms with Gasteiger partial charge in [-0.15, -0.1) is 0 Å². The predicted octanol–water partition coefficient (Wildman–Crippen LogP) is 1.64. The van der Waals surface area contributed by atoms with Gasteiger partial charge in [0.05, 0.1) is 18.5 Å². The minimum Gasteiger partial charge on any atom is -0.383 e. The Kier molecular flexibility index (Phi) is 5.82. The number of rotatable bonds is 7. The maximum absolute atomic E-state index is 5.00. The molecule has 1 aromatic heterocycles. The van der Waals surface area contributed by atoms with Crippen LogP contribution < -0.4 is 10.6 Å². The van der Waals surface area contributed by atoms with Crippen molar-refractivity contribution >= 4 is 5.69 Å². The Hall–Kier alpha value is -1.13. The lowest BCUT2D eigenvalue weighted by Crippen LogP contribution is -2.22. The largest absolute Gasteiger partial charge is 0.383 e. The number of hydrogen-bond acceptors (Lipinski definition) is 4. The van der Waals surface area contributed by atoms with Crippen LogP contribution >= 0.6 is 0 Å². The third-order valence-corrected chi connectivity index (χ3v) is 2.23. The molecule has 0 aliphatic rings. The highest BCUT2D eigenvalue weighted by Crippen LogP contribution is 2.12. The average Bonchev–Trinajstić information content (AvgIpc) is 2.28. The van der Waals surface area contributed by atoms with Gasteiger partial charge in [0.2, 0.25) is 0 Å². The second kappa shape index (κ2) is 7.19. The minimum absolute atomic E-state index is 0.486. The quantitative estimate of drug-likeness (QED) is 0.690. The van der Waals surface area contributed by atoms with E-state index < -0.39 is 0 Å². The van der Waals surface area contributed by atoms with Gasteiger partial charge in [-0.1, -0.05) is 13.8 Å². The van der Waals surface area contributed by atoms with Gasteiger partial charge < -0.3 is 15.4 Å². The SMILES string of the molecule is COCCNc1cnccc1CNC(C)C. The summed E-state index contributed by atoms with van der Waals surface area (Å²) in [6, 6.07) is 2.52. The third kappa shape index (κ3) is 4.59. The van der Waals surface area contributed by atoms with E-state index in [1.807, 2.05) is 18.5 Å². The molecule has 0 saturated carbocycles. The van der Waals surface area contributed by atoms with Crippen molar-refractivity contribution in [3.63, 3.8) is 0 Å². The van der Waals surface area contributed by atoms with Crippen LogP contribution in [0.15, 0.2) is 18.5 Å². The molecular weight excluding hydrogens is 202 g/mol. The monoisotopic (exact) mass is 223 g/mol. The lowest BCUT2D eigenvalue weighted by Gasteiger charge is -2.13. The highest BCUT2D eigenvalue weighted by atomic mass is 16.5. The van der Waals surface area contributed by atoms with Gasteiger partial charge >= 0.3 is 0 Å². The molecule has 16 heavy (non-hydrogen) atoms. The highest BCUT2D eigenvalue weighted by Gasteiger charge is 2.02. The first-order valence-corrected chi connectivity index (χ1v) is 5.63. The second-order valence-electron chi connectivity index (χ2n) is 3.99. The number of nitrogens with one attached hydrogen (secondary N) is 2. The molecule has 0 amide bonds. The lowest BCUT2D eigenvalue weighted by atomic mass is 10.2. The molecule has 0 aliphatic carbocycles. The van der Waals surface area contributed by atoms with E-state index in [9.17, 15) is 0 Å². The topological polar surface area (TPSA) is 46.2 Å². The predicted molar refractivity (Wildman–Crippen MR) is 66.6 cm³/mol. The van der Waals surface area contributed by atoms with Crippen LogP contribution in [0.25, 0.3) is 0 Å².